The number of benzene rings is 8. The monoisotopic (exact) mass is 1110 g/mol. The molecular weight excluding hydrogens is 1050 g/mol. The van der Waals surface area contributed by atoms with Crippen LogP contribution in [0.15, 0.2) is 188 Å². The van der Waals surface area contributed by atoms with Crippen molar-refractivity contribution in [3.8, 4) is 50.7 Å². The molecule has 0 aliphatic carbocycles. The largest absolute Gasteiger partial charge is 0.509 e. The number of anilines is 4. The van der Waals surface area contributed by atoms with E-state index in [2.05, 4.69) is 148 Å². The van der Waals surface area contributed by atoms with Gasteiger partial charge in [0.2, 0.25) is 0 Å². The van der Waals surface area contributed by atoms with E-state index in [0.717, 1.165) is 44.7 Å². The molecule has 0 spiro atoms. The van der Waals surface area contributed by atoms with E-state index >= 15 is 0 Å². The van der Waals surface area contributed by atoms with E-state index in [-0.39, 0.29) is 54.6 Å². The minimum Gasteiger partial charge on any atom is -0.509 e. The molecule has 1 aliphatic rings. The number of aromatic nitrogens is 2. The van der Waals surface area contributed by atoms with Gasteiger partial charge in [-0.3, -0.25) is 0 Å². The second-order valence-corrected chi connectivity index (χ2v) is 19.8. The van der Waals surface area contributed by atoms with E-state index in [4.69, 9.17) is 13.0 Å². The third-order valence-electron chi connectivity index (χ3n) is 13.0. The zero-order valence-corrected chi connectivity index (χ0v) is 42.6. The van der Waals surface area contributed by atoms with Crippen molar-refractivity contribution < 1.29 is 38.1 Å². The van der Waals surface area contributed by atoms with Gasteiger partial charge in [0.1, 0.15) is 5.82 Å². The van der Waals surface area contributed by atoms with Crippen molar-refractivity contribution in [3.05, 3.63) is 224 Å². The Morgan fingerprint density at radius 1 is 0.592 bits per heavy atom. The van der Waals surface area contributed by atoms with E-state index in [1.54, 1.807) is 59.2 Å². The van der Waals surface area contributed by atoms with E-state index in [1.165, 1.54) is 11.1 Å². The molecule has 0 amide bonds. The standard InChI is InChI=1S/C65H57N4O.Pt/c1-43(2)56-40-62(66-41-57(56)45-23-13-10-14-24-45)69-58-30-16-15-27-54(58)55-34-33-51(39-61(55)69)70-50-26-19-25-49(38-50)67-42-68(60-32-18-17-31-59(60)67)63-52(44-21-11-9-12-22-44)28-20-29-53(63)46-35-47(64(3,4)5)37-48(36-46)65(6,7)8;/h9-37,40-43H,1-8H3;/q-3;/i1D3,2D3,40D,41D,43D;. The molecule has 356 valence electrons. The zero-order valence-electron chi connectivity index (χ0n) is 49.3. The number of pyridine rings is 1. The maximum Gasteiger partial charge on any atom is 0.135 e. The maximum absolute atomic E-state index is 9.76. The Bertz CT molecular complexity index is 3930. The smallest absolute Gasteiger partial charge is 0.135 e. The summed E-state index contributed by atoms with van der Waals surface area (Å²) in [5.41, 5.74) is 10.6. The number of ether oxygens (including phenoxy) is 1. The first kappa shape index (κ1) is 37.6. The van der Waals surface area contributed by atoms with Crippen LogP contribution in [0.5, 0.6) is 11.5 Å². The van der Waals surface area contributed by atoms with Crippen LogP contribution in [0.3, 0.4) is 0 Å². The van der Waals surface area contributed by atoms with Gasteiger partial charge in [-0.05, 0) is 79.7 Å². The fourth-order valence-electron chi connectivity index (χ4n) is 9.40. The molecule has 11 rings (SSSR count). The Kier molecular flexibility index (Phi) is 9.98. The Balaban J connectivity index is 0.00000720. The maximum atomic E-state index is 9.76. The average Bonchev–Trinajstić information content (AvgIpc) is 4.14. The first-order valence-electron chi connectivity index (χ1n) is 28.0. The first-order chi connectivity index (χ1) is 37.4. The SMILES string of the molecule is [2H]c1nc(-n2c3[c-]c(Oc4[c-]c(N5[CH-]N(c6c(-c7ccccc7)cccc6-c6cc(C(C)(C)C)cc(C(C)(C)C)c6)c6ccccc65)ccc4)ccc3c3ccccc32)c([2H])c(C([2H])(C([2H])([2H])[2H])C([2H])([2H])[2H])c1-c1ccccc1.[Pt]. The van der Waals surface area contributed by atoms with Gasteiger partial charge in [0, 0.05) is 87.6 Å². The van der Waals surface area contributed by atoms with Crippen molar-refractivity contribution in [2.75, 3.05) is 9.80 Å². The summed E-state index contributed by atoms with van der Waals surface area (Å²) in [6, 6.07) is 63.4. The summed E-state index contributed by atoms with van der Waals surface area (Å²) in [5.74, 6) is -2.93. The minimum absolute atomic E-state index is 0. The average molecular weight is 1110 g/mol. The van der Waals surface area contributed by atoms with Crippen LogP contribution in [0.25, 0.3) is 61.0 Å². The fraction of sp³-hybridized carbons (Fsp3) is 0.169. The molecule has 0 atom stereocenters. The van der Waals surface area contributed by atoms with Crippen LogP contribution in [0.2, 0.25) is 0 Å². The van der Waals surface area contributed by atoms with Gasteiger partial charge in [-0.2, -0.15) is 12.1 Å². The third-order valence-corrected chi connectivity index (χ3v) is 13.0. The van der Waals surface area contributed by atoms with E-state index in [0.29, 0.717) is 27.9 Å². The van der Waals surface area contributed by atoms with Crippen LogP contribution in [0.4, 0.5) is 22.7 Å². The number of fused-ring (bicyclic) bond motifs is 4. The van der Waals surface area contributed by atoms with Gasteiger partial charge in [-0.15, -0.1) is 48.1 Å². The summed E-state index contributed by atoms with van der Waals surface area (Å²) in [4.78, 5) is 9.00. The van der Waals surface area contributed by atoms with Crippen molar-refractivity contribution in [2.24, 2.45) is 0 Å². The molecule has 71 heavy (non-hydrogen) atoms. The summed E-state index contributed by atoms with van der Waals surface area (Å²) in [6.45, 7) is 8.74. The molecule has 6 heteroatoms. The molecule has 0 unspecified atom stereocenters. The van der Waals surface area contributed by atoms with E-state index in [1.807, 2.05) is 48.5 Å². The van der Waals surface area contributed by atoms with Crippen LogP contribution >= 0.6 is 0 Å². The van der Waals surface area contributed by atoms with Crippen molar-refractivity contribution in [1.29, 1.82) is 0 Å². The Morgan fingerprint density at radius 2 is 1.18 bits per heavy atom. The van der Waals surface area contributed by atoms with Crippen LogP contribution in [-0.2, 0) is 31.9 Å². The molecule has 0 bridgehead atoms. The predicted octanol–water partition coefficient (Wildman–Crippen LogP) is 17.7. The third kappa shape index (κ3) is 8.98. The topological polar surface area (TPSA) is 33.5 Å². The van der Waals surface area contributed by atoms with Gasteiger partial charge in [0.15, 0.2) is 0 Å². The molecule has 0 saturated carbocycles. The van der Waals surface area contributed by atoms with Gasteiger partial charge >= 0.3 is 0 Å². The molecule has 1 aliphatic heterocycles. The van der Waals surface area contributed by atoms with Gasteiger partial charge in [-0.1, -0.05) is 188 Å². The molecule has 5 nitrogen and oxygen atoms in total. The van der Waals surface area contributed by atoms with Crippen LogP contribution in [0.1, 0.15) is 90.2 Å². The second-order valence-electron chi connectivity index (χ2n) is 19.8. The second kappa shape index (κ2) is 18.8. The van der Waals surface area contributed by atoms with E-state index in [9.17, 15) is 4.11 Å². The Labute approximate surface area is 446 Å². The van der Waals surface area contributed by atoms with Crippen LogP contribution in [0, 0.1) is 18.8 Å². The fourth-order valence-corrected chi connectivity index (χ4v) is 9.40. The van der Waals surface area contributed by atoms with Gasteiger partial charge in [-0.25, -0.2) is 4.98 Å². The summed E-state index contributed by atoms with van der Waals surface area (Å²) >= 11 is 0. The van der Waals surface area contributed by atoms with Crippen molar-refractivity contribution in [2.45, 2.75) is 72.0 Å². The molecule has 0 radical (unpaired) electrons. The Hall–Kier alpha value is -7.20. The van der Waals surface area contributed by atoms with Gasteiger partial charge in [0.25, 0.3) is 0 Å². The number of hydrogen-bond donors (Lipinski definition) is 0. The van der Waals surface area contributed by atoms with Crippen molar-refractivity contribution in [3.63, 3.8) is 0 Å². The van der Waals surface area contributed by atoms with Gasteiger partial charge < -0.3 is 19.1 Å². The summed E-state index contributed by atoms with van der Waals surface area (Å²) in [5, 5.41) is 1.39. The molecule has 2 aromatic heterocycles. The van der Waals surface area contributed by atoms with Crippen LogP contribution in [-0.4, -0.2) is 9.55 Å². The minimum atomic E-state index is -3.46. The zero-order chi connectivity index (χ0) is 56.0. The molecule has 3 heterocycles. The molecule has 8 aromatic carbocycles. The summed E-state index contributed by atoms with van der Waals surface area (Å²) in [7, 11) is 0. The van der Waals surface area contributed by atoms with E-state index < -0.39 is 37.4 Å². The summed E-state index contributed by atoms with van der Waals surface area (Å²) in [6.07, 6.45) is -0.495. The predicted molar refractivity (Wildman–Crippen MR) is 292 cm³/mol. The number of hydrogen-bond acceptors (Lipinski definition) is 4. The Morgan fingerprint density at radius 3 is 1.86 bits per heavy atom. The molecule has 10 aromatic rings. The molecule has 0 fully saturated rings. The summed E-state index contributed by atoms with van der Waals surface area (Å²) < 4.78 is 87.8. The first-order valence-corrected chi connectivity index (χ1v) is 23.5. The normalized spacial score (nSPS) is 15.0. The number of para-hydroxylation sites is 4. The number of nitrogens with zero attached hydrogens (tertiary/aromatic N) is 4. The molecule has 0 saturated heterocycles. The quantitative estimate of drug-likeness (QED) is 0.135. The number of rotatable bonds is 9. The van der Waals surface area contributed by atoms with Crippen molar-refractivity contribution >= 4 is 44.6 Å². The van der Waals surface area contributed by atoms with Crippen molar-refractivity contribution in [1.82, 2.24) is 9.55 Å². The molecular formula is C65H57N4OPt-3. The molecule has 0 N–H and O–H groups in total. The van der Waals surface area contributed by atoms with Crippen LogP contribution < -0.4 is 14.5 Å². The van der Waals surface area contributed by atoms with Gasteiger partial charge in [0.05, 0.1) is 2.74 Å².